The van der Waals surface area contributed by atoms with E-state index in [1.807, 2.05) is 6.92 Å². The van der Waals surface area contributed by atoms with Crippen molar-refractivity contribution in [1.29, 1.82) is 0 Å². The Morgan fingerprint density at radius 3 is 2.75 bits per heavy atom. The molecular weight excluding hydrogens is 289 g/mol. The lowest BCUT2D eigenvalue weighted by Gasteiger charge is -2.20. The summed E-state index contributed by atoms with van der Waals surface area (Å²) in [6, 6.07) is 0.370. The van der Waals surface area contributed by atoms with Gasteiger partial charge in [0.2, 0.25) is 0 Å². The Morgan fingerprint density at radius 1 is 1.40 bits per heavy atom. The molecule has 20 heavy (non-hydrogen) atoms. The predicted octanol–water partition coefficient (Wildman–Crippen LogP) is 2.82. The molecule has 2 aromatic heterocycles. The Kier molecular flexibility index (Phi) is 4.34. The maximum absolute atomic E-state index is 13.1. The lowest BCUT2D eigenvalue weighted by Crippen LogP contribution is -2.22. The first-order valence-electron chi connectivity index (χ1n) is 5.98. The lowest BCUT2D eigenvalue weighted by atomic mass is 10.00. The van der Waals surface area contributed by atoms with Crippen molar-refractivity contribution in [3.63, 3.8) is 0 Å². The van der Waals surface area contributed by atoms with Gasteiger partial charge in [0.25, 0.3) is 0 Å². The Bertz CT molecular complexity index is 582. The predicted molar refractivity (Wildman–Crippen MR) is 69.4 cm³/mol. The van der Waals surface area contributed by atoms with E-state index < -0.39 is 17.8 Å². The number of aromatic nitrogens is 3. The highest BCUT2D eigenvalue weighted by atomic mass is 32.1. The normalized spacial score (nSPS) is 13.4. The molecule has 2 heterocycles. The molecule has 4 nitrogen and oxygen atoms in total. The average molecular weight is 302 g/mol. The van der Waals surface area contributed by atoms with E-state index in [1.54, 1.807) is 7.05 Å². The number of rotatable bonds is 4. The SMILES string of the molecule is CCc1nnsc1C(NC)c1cnccc1C(F)(F)F. The number of hydrogen-bond donors (Lipinski definition) is 1. The number of halogens is 3. The van der Waals surface area contributed by atoms with Gasteiger partial charge in [0.1, 0.15) is 0 Å². The van der Waals surface area contributed by atoms with E-state index >= 15 is 0 Å². The molecule has 0 aromatic carbocycles. The topological polar surface area (TPSA) is 50.7 Å². The van der Waals surface area contributed by atoms with Crippen LogP contribution in [0.1, 0.15) is 34.7 Å². The van der Waals surface area contributed by atoms with Crippen LogP contribution in [0.15, 0.2) is 18.5 Å². The summed E-state index contributed by atoms with van der Waals surface area (Å²) in [6.07, 6.45) is -1.42. The van der Waals surface area contributed by atoms with Crippen LogP contribution in [0.3, 0.4) is 0 Å². The largest absolute Gasteiger partial charge is 0.416 e. The molecule has 1 atom stereocenters. The van der Waals surface area contributed by atoms with E-state index in [2.05, 4.69) is 19.9 Å². The van der Waals surface area contributed by atoms with Crippen molar-refractivity contribution in [3.05, 3.63) is 40.2 Å². The lowest BCUT2D eigenvalue weighted by molar-refractivity contribution is -0.138. The van der Waals surface area contributed by atoms with Gasteiger partial charge in [-0.2, -0.15) is 13.2 Å². The minimum absolute atomic E-state index is 0.0863. The van der Waals surface area contributed by atoms with E-state index in [9.17, 15) is 13.2 Å². The van der Waals surface area contributed by atoms with Crippen LogP contribution in [-0.4, -0.2) is 21.6 Å². The van der Waals surface area contributed by atoms with E-state index in [4.69, 9.17) is 0 Å². The van der Waals surface area contributed by atoms with E-state index in [1.165, 1.54) is 6.20 Å². The fourth-order valence-corrected chi connectivity index (χ4v) is 2.87. The van der Waals surface area contributed by atoms with Gasteiger partial charge in [-0.1, -0.05) is 11.4 Å². The second-order valence-corrected chi connectivity index (χ2v) is 4.91. The van der Waals surface area contributed by atoms with Crippen molar-refractivity contribution < 1.29 is 13.2 Å². The standard InChI is InChI=1S/C12H13F3N4S/c1-3-9-11(20-19-18-9)10(16-2)7-6-17-5-4-8(7)12(13,14)15/h4-6,10,16H,3H2,1-2H3. The van der Waals surface area contributed by atoms with Crippen molar-refractivity contribution >= 4 is 11.5 Å². The van der Waals surface area contributed by atoms with Crippen LogP contribution in [-0.2, 0) is 12.6 Å². The first-order valence-corrected chi connectivity index (χ1v) is 6.75. The summed E-state index contributed by atoms with van der Waals surface area (Å²) in [5, 5.41) is 6.85. The molecule has 0 saturated carbocycles. The van der Waals surface area contributed by atoms with Crippen LogP contribution < -0.4 is 5.32 Å². The third-order valence-electron chi connectivity index (χ3n) is 2.94. The minimum Gasteiger partial charge on any atom is -0.308 e. The Hall–Kier alpha value is -1.54. The molecule has 0 fully saturated rings. The monoisotopic (exact) mass is 302 g/mol. The van der Waals surface area contributed by atoms with Gasteiger partial charge in [0.05, 0.1) is 22.2 Å². The second kappa shape index (κ2) is 5.84. The molecule has 0 amide bonds. The summed E-state index contributed by atoms with van der Waals surface area (Å²) in [4.78, 5) is 4.51. The fourth-order valence-electron chi connectivity index (χ4n) is 2.00. The van der Waals surface area contributed by atoms with Gasteiger partial charge in [0, 0.05) is 18.0 Å². The highest BCUT2D eigenvalue weighted by Crippen LogP contribution is 2.37. The van der Waals surface area contributed by atoms with Gasteiger partial charge in [-0.25, -0.2) is 0 Å². The molecule has 1 unspecified atom stereocenters. The molecule has 0 spiro atoms. The number of hydrogen-bond acceptors (Lipinski definition) is 5. The minimum atomic E-state index is -4.42. The average Bonchev–Trinajstić information content (AvgIpc) is 2.87. The Balaban J connectivity index is 2.53. The van der Waals surface area contributed by atoms with Crippen LogP contribution >= 0.6 is 11.5 Å². The van der Waals surface area contributed by atoms with Crippen LogP contribution in [0.25, 0.3) is 0 Å². The molecule has 0 radical (unpaired) electrons. The van der Waals surface area contributed by atoms with E-state index in [-0.39, 0.29) is 5.56 Å². The third kappa shape index (κ3) is 2.80. The first-order chi connectivity index (χ1) is 9.49. The fraction of sp³-hybridized carbons (Fsp3) is 0.417. The van der Waals surface area contributed by atoms with Crippen LogP contribution in [0, 0.1) is 0 Å². The first kappa shape index (κ1) is 14.9. The van der Waals surface area contributed by atoms with Crippen LogP contribution in [0.5, 0.6) is 0 Å². The van der Waals surface area contributed by atoms with Gasteiger partial charge < -0.3 is 5.32 Å². The molecule has 1 N–H and O–H groups in total. The summed E-state index contributed by atoms with van der Waals surface area (Å²) in [6.45, 7) is 1.89. The number of pyridine rings is 1. The molecule has 8 heteroatoms. The highest BCUT2D eigenvalue weighted by Gasteiger charge is 2.36. The van der Waals surface area contributed by atoms with Crippen LogP contribution in [0.4, 0.5) is 13.2 Å². The molecule has 108 valence electrons. The van der Waals surface area contributed by atoms with Crippen molar-refractivity contribution in [2.45, 2.75) is 25.6 Å². The summed E-state index contributed by atoms with van der Waals surface area (Å²) in [5.74, 6) is 0. The molecule has 0 bridgehead atoms. The zero-order chi connectivity index (χ0) is 14.8. The molecule has 0 saturated heterocycles. The van der Waals surface area contributed by atoms with Gasteiger partial charge in [-0.05, 0) is 31.1 Å². The van der Waals surface area contributed by atoms with Gasteiger partial charge >= 0.3 is 6.18 Å². The molecular formula is C12H13F3N4S. The highest BCUT2D eigenvalue weighted by molar-refractivity contribution is 7.05. The van der Waals surface area contributed by atoms with Crippen molar-refractivity contribution in [3.8, 4) is 0 Å². The van der Waals surface area contributed by atoms with Crippen molar-refractivity contribution in [2.24, 2.45) is 0 Å². The second-order valence-electron chi connectivity index (χ2n) is 4.12. The Morgan fingerprint density at radius 2 is 2.15 bits per heavy atom. The van der Waals surface area contributed by atoms with Crippen molar-refractivity contribution in [1.82, 2.24) is 19.9 Å². The molecule has 0 aliphatic carbocycles. The maximum atomic E-state index is 13.1. The van der Waals surface area contributed by atoms with Gasteiger partial charge in [-0.15, -0.1) is 5.10 Å². The molecule has 2 aromatic rings. The maximum Gasteiger partial charge on any atom is 0.416 e. The summed E-state index contributed by atoms with van der Waals surface area (Å²) in [7, 11) is 1.61. The third-order valence-corrected chi connectivity index (χ3v) is 3.77. The van der Waals surface area contributed by atoms with Gasteiger partial charge in [0.15, 0.2) is 0 Å². The number of nitrogens with zero attached hydrogens (tertiary/aromatic N) is 3. The van der Waals surface area contributed by atoms with E-state index in [0.717, 1.165) is 23.8 Å². The van der Waals surface area contributed by atoms with Crippen LogP contribution in [0.2, 0.25) is 0 Å². The van der Waals surface area contributed by atoms with E-state index in [0.29, 0.717) is 17.0 Å². The Labute approximate surface area is 118 Å². The smallest absolute Gasteiger partial charge is 0.308 e. The summed E-state index contributed by atoms with van der Waals surface area (Å²) in [5.41, 5.74) is 0.0943. The molecule has 0 aliphatic rings. The quantitative estimate of drug-likeness (QED) is 0.943. The molecule has 2 rings (SSSR count). The zero-order valence-corrected chi connectivity index (χ0v) is 11.7. The summed E-state index contributed by atoms with van der Waals surface area (Å²) >= 11 is 1.10. The van der Waals surface area contributed by atoms with Crippen molar-refractivity contribution in [2.75, 3.05) is 7.05 Å². The molecule has 0 aliphatic heterocycles. The number of alkyl halides is 3. The summed E-state index contributed by atoms with van der Waals surface area (Å²) < 4.78 is 43.1. The number of aryl methyl sites for hydroxylation is 1. The zero-order valence-electron chi connectivity index (χ0n) is 10.9. The number of nitrogens with one attached hydrogen (secondary N) is 1. The van der Waals surface area contributed by atoms with Gasteiger partial charge in [-0.3, -0.25) is 4.98 Å².